The smallest absolute Gasteiger partial charge is 0.297 e. The third-order valence-electron chi connectivity index (χ3n) is 3.34. The highest BCUT2D eigenvalue weighted by Gasteiger charge is 2.26. The van der Waals surface area contributed by atoms with Gasteiger partial charge in [-0.15, -0.1) is 0 Å². The summed E-state index contributed by atoms with van der Waals surface area (Å²) < 4.78 is 29.0. The molecule has 0 bridgehead atoms. The molecule has 5 nitrogen and oxygen atoms in total. The fourth-order valence-corrected chi connectivity index (χ4v) is 2.86. The van der Waals surface area contributed by atoms with Crippen LogP contribution < -0.4 is 0 Å². The van der Waals surface area contributed by atoms with Crippen molar-refractivity contribution in [1.29, 1.82) is 0 Å². The van der Waals surface area contributed by atoms with E-state index in [9.17, 15) is 13.5 Å². The summed E-state index contributed by atoms with van der Waals surface area (Å²) in [7, 11) is -3.74. The van der Waals surface area contributed by atoms with Crippen molar-refractivity contribution in [2.75, 3.05) is 26.3 Å². The summed E-state index contributed by atoms with van der Waals surface area (Å²) in [4.78, 5) is 2.17. The van der Waals surface area contributed by atoms with Gasteiger partial charge in [-0.3, -0.25) is 9.08 Å². The zero-order chi connectivity index (χ0) is 13.9. The largest absolute Gasteiger partial charge is 0.395 e. The van der Waals surface area contributed by atoms with Crippen LogP contribution in [0.5, 0.6) is 0 Å². The highest BCUT2D eigenvalue weighted by Crippen LogP contribution is 2.16. The molecule has 1 N–H and O–H groups in total. The molecular weight excluding hydrogens is 266 g/mol. The average Bonchev–Trinajstić information content (AvgIpc) is 2.32. The van der Waals surface area contributed by atoms with Crippen molar-refractivity contribution < 1.29 is 17.7 Å². The molecule has 1 atom stereocenters. The van der Waals surface area contributed by atoms with E-state index < -0.39 is 10.1 Å². The number of hydrogen-bond donors (Lipinski definition) is 1. The molecule has 0 spiro atoms. The van der Waals surface area contributed by atoms with Crippen LogP contribution in [-0.4, -0.2) is 50.8 Å². The zero-order valence-corrected chi connectivity index (χ0v) is 11.8. The summed E-state index contributed by atoms with van der Waals surface area (Å²) in [5.41, 5.74) is 0.993. The van der Waals surface area contributed by atoms with Crippen LogP contribution in [0.4, 0.5) is 0 Å². The zero-order valence-electron chi connectivity index (χ0n) is 10.9. The van der Waals surface area contributed by atoms with Gasteiger partial charge in [0.15, 0.2) is 0 Å². The van der Waals surface area contributed by atoms with Gasteiger partial charge >= 0.3 is 0 Å². The Morgan fingerprint density at radius 3 is 2.42 bits per heavy atom. The Morgan fingerprint density at radius 2 is 1.95 bits per heavy atom. The van der Waals surface area contributed by atoms with Crippen molar-refractivity contribution in [3.05, 3.63) is 29.8 Å². The monoisotopic (exact) mass is 285 g/mol. The highest BCUT2D eigenvalue weighted by atomic mass is 32.2. The molecule has 1 unspecified atom stereocenters. The average molecular weight is 285 g/mol. The summed E-state index contributed by atoms with van der Waals surface area (Å²) in [5, 5.41) is 9.25. The summed E-state index contributed by atoms with van der Waals surface area (Å²) in [6.07, 6.45) is 1.08. The molecule has 1 saturated heterocycles. The molecule has 1 aliphatic heterocycles. The SMILES string of the molecule is Cc1ccc(S(=O)(=O)OCC(CO)N2CCC2)cc1. The van der Waals surface area contributed by atoms with Gasteiger partial charge in [-0.25, -0.2) is 0 Å². The van der Waals surface area contributed by atoms with Gasteiger partial charge < -0.3 is 5.11 Å². The topological polar surface area (TPSA) is 66.8 Å². The maximum Gasteiger partial charge on any atom is 0.297 e. The van der Waals surface area contributed by atoms with E-state index >= 15 is 0 Å². The second-order valence-electron chi connectivity index (χ2n) is 4.78. The number of nitrogens with zero attached hydrogens (tertiary/aromatic N) is 1. The van der Waals surface area contributed by atoms with Crippen LogP contribution in [0.25, 0.3) is 0 Å². The van der Waals surface area contributed by atoms with E-state index in [4.69, 9.17) is 4.18 Å². The molecule has 1 aromatic carbocycles. The fourth-order valence-electron chi connectivity index (χ4n) is 1.92. The Bertz CT molecular complexity index is 508. The molecule has 0 aromatic heterocycles. The van der Waals surface area contributed by atoms with Gasteiger partial charge in [0.05, 0.1) is 24.2 Å². The van der Waals surface area contributed by atoms with Crippen molar-refractivity contribution in [1.82, 2.24) is 4.90 Å². The van der Waals surface area contributed by atoms with Gasteiger partial charge in [0, 0.05) is 0 Å². The molecule has 1 aromatic rings. The minimum absolute atomic E-state index is 0.00723. The lowest BCUT2D eigenvalue weighted by Crippen LogP contribution is -2.49. The van der Waals surface area contributed by atoms with Crippen molar-refractivity contribution in [3.63, 3.8) is 0 Å². The van der Waals surface area contributed by atoms with Gasteiger partial charge in [-0.2, -0.15) is 8.42 Å². The van der Waals surface area contributed by atoms with Crippen molar-refractivity contribution in [3.8, 4) is 0 Å². The number of likely N-dealkylation sites (tertiary alicyclic amines) is 1. The summed E-state index contributed by atoms with van der Waals surface area (Å²) in [6, 6.07) is 6.28. The van der Waals surface area contributed by atoms with Crippen molar-refractivity contribution in [2.24, 2.45) is 0 Å². The van der Waals surface area contributed by atoms with E-state index in [0.29, 0.717) is 0 Å². The molecule has 0 radical (unpaired) electrons. The quantitative estimate of drug-likeness (QED) is 0.782. The first-order valence-corrected chi connectivity index (χ1v) is 7.75. The first-order chi connectivity index (χ1) is 9.03. The first kappa shape index (κ1) is 14.5. The minimum Gasteiger partial charge on any atom is -0.395 e. The molecule has 1 fully saturated rings. The maximum atomic E-state index is 12.0. The van der Waals surface area contributed by atoms with Gasteiger partial charge in [0.25, 0.3) is 10.1 Å². The van der Waals surface area contributed by atoms with Crippen LogP contribution in [-0.2, 0) is 14.3 Å². The third-order valence-corrected chi connectivity index (χ3v) is 4.64. The van der Waals surface area contributed by atoms with Crippen LogP contribution in [0.3, 0.4) is 0 Å². The van der Waals surface area contributed by atoms with Gasteiger partial charge in [0.1, 0.15) is 0 Å². The van der Waals surface area contributed by atoms with E-state index in [2.05, 4.69) is 0 Å². The maximum absolute atomic E-state index is 12.0. The fraction of sp³-hybridized carbons (Fsp3) is 0.538. The first-order valence-electron chi connectivity index (χ1n) is 6.34. The second kappa shape index (κ2) is 6.00. The van der Waals surface area contributed by atoms with Crippen LogP contribution in [0.2, 0.25) is 0 Å². The molecule has 0 aliphatic carbocycles. The lowest BCUT2D eigenvalue weighted by Gasteiger charge is -2.36. The van der Waals surface area contributed by atoms with Gasteiger partial charge in [-0.1, -0.05) is 17.7 Å². The van der Waals surface area contributed by atoms with Gasteiger partial charge in [0.2, 0.25) is 0 Å². The lowest BCUT2D eigenvalue weighted by molar-refractivity contribution is 0.0433. The summed E-state index contributed by atoms with van der Waals surface area (Å²) in [6.45, 7) is 3.57. The van der Waals surface area contributed by atoms with Crippen LogP contribution >= 0.6 is 0 Å². The molecule has 1 aliphatic rings. The van der Waals surface area contributed by atoms with Crippen molar-refractivity contribution in [2.45, 2.75) is 24.3 Å². The van der Waals surface area contributed by atoms with E-state index in [1.54, 1.807) is 12.1 Å². The molecular formula is C13H19NO4S. The molecule has 1 heterocycles. The Balaban J connectivity index is 1.98. The van der Waals surface area contributed by atoms with Gasteiger partial charge in [-0.05, 0) is 38.6 Å². The van der Waals surface area contributed by atoms with E-state index in [-0.39, 0.29) is 24.2 Å². The molecule has 2 rings (SSSR count). The number of aliphatic hydroxyl groups excluding tert-OH is 1. The predicted molar refractivity (Wildman–Crippen MR) is 71.4 cm³/mol. The highest BCUT2D eigenvalue weighted by molar-refractivity contribution is 7.86. The number of aryl methyl sites for hydroxylation is 1. The number of rotatable bonds is 6. The number of aliphatic hydroxyl groups is 1. The molecule has 106 valence electrons. The molecule has 6 heteroatoms. The molecule has 19 heavy (non-hydrogen) atoms. The molecule has 0 saturated carbocycles. The van der Waals surface area contributed by atoms with E-state index in [1.807, 2.05) is 11.8 Å². The number of hydrogen-bond acceptors (Lipinski definition) is 5. The Labute approximate surface area is 113 Å². The van der Waals surface area contributed by atoms with E-state index in [1.165, 1.54) is 12.1 Å². The van der Waals surface area contributed by atoms with Crippen molar-refractivity contribution >= 4 is 10.1 Å². The summed E-state index contributed by atoms with van der Waals surface area (Å²) in [5.74, 6) is 0. The molecule has 0 amide bonds. The minimum atomic E-state index is -3.74. The lowest BCUT2D eigenvalue weighted by atomic mass is 10.1. The number of benzene rings is 1. The summed E-state index contributed by atoms with van der Waals surface area (Å²) >= 11 is 0. The Kier molecular flexibility index (Phi) is 4.57. The van der Waals surface area contributed by atoms with Crippen LogP contribution in [0.1, 0.15) is 12.0 Å². The van der Waals surface area contributed by atoms with E-state index in [0.717, 1.165) is 25.1 Å². The predicted octanol–water partition coefficient (Wildman–Crippen LogP) is 0.767. The Morgan fingerprint density at radius 1 is 1.32 bits per heavy atom. The standard InChI is InChI=1S/C13H19NO4S/c1-11-3-5-13(6-4-11)19(16,17)18-10-12(9-15)14-7-2-8-14/h3-6,12,15H,2,7-10H2,1H3. The Hall–Kier alpha value is -0.950. The van der Waals surface area contributed by atoms with Crippen LogP contribution in [0.15, 0.2) is 29.2 Å². The second-order valence-corrected chi connectivity index (χ2v) is 6.39. The van der Waals surface area contributed by atoms with Crippen LogP contribution in [0, 0.1) is 6.92 Å². The third kappa shape index (κ3) is 3.54. The normalized spacial score (nSPS) is 18.0.